The number of hydrogen-bond acceptors (Lipinski definition) is 7. The number of ether oxygens (including phenoxy) is 2. The molecular weight excluding hydrogens is 509 g/mol. The number of benzene rings is 2. The number of aromatic nitrogens is 3. The van der Waals surface area contributed by atoms with Crippen molar-refractivity contribution in [2.24, 2.45) is 0 Å². The van der Waals surface area contributed by atoms with E-state index >= 15 is 0 Å². The fraction of sp³-hybridized carbons (Fsp3) is 0.320. The maximum absolute atomic E-state index is 14.7. The molecule has 1 aliphatic heterocycles. The lowest BCUT2D eigenvalue weighted by molar-refractivity contribution is -0.147. The molecule has 2 N–H and O–H groups in total. The van der Waals surface area contributed by atoms with Gasteiger partial charge in [-0.05, 0) is 36.4 Å². The van der Waals surface area contributed by atoms with Crippen LogP contribution < -0.4 is 5.32 Å². The Hall–Kier alpha value is -3.19. The SMILES string of the molecule is C[C@@H](SC1COC(/C=C/C(=O)Nc2ccc(F)cc2)OC1)[C@](O)(Cn1cncn1)c1ccc(F)cc1F. The quantitative estimate of drug-likeness (QED) is 0.405. The number of carbonyl (C=O) groups excluding carboxylic acids is 1. The van der Waals surface area contributed by atoms with Crippen molar-refractivity contribution in [1.29, 1.82) is 0 Å². The van der Waals surface area contributed by atoms with Crippen molar-refractivity contribution < 1.29 is 32.5 Å². The fourth-order valence-electron chi connectivity index (χ4n) is 3.81. The van der Waals surface area contributed by atoms with Gasteiger partial charge in [-0.2, -0.15) is 5.10 Å². The number of nitrogens with zero attached hydrogens (tertiary/aromatic N) is 3. The lowest BCUT2D eigenvalue weighted by Gasteiger charge is -2.37. The van der Waals surface area contributed by atoms with E-state index in [-0.39, 0.29) is 30.6 Å². The van der Waals surface area contributed by atoms with E-state index in [0.29, 0.717) is 5.69 Å². The van der Waals surface area contributed by atoms with E-state index in [2.05, 4.69) is 15.4 Å². The van der Waals surface area contributed by atoms with E-state index < -0.39 is 40.5 Å². The van der Waals surface area contributed by atoms with Crippen molar-refractivity contribution in [1.82, 2.24) is 14.8 Å². The molecule has 37 heavy (non-hydrogen) atoms. The molecule has 2 heterocycles. The normalized spacial score (nSPS) is 20.5. The molecule has 1 aliphatic rings. The van der Waals surface area contributed by atoms with E-state index in [4.69, 9.17) is 9.47 Å². The van der Waals surface area contributed by atoms with Gasteiger partial charge in [0.25, 0.3) is 0 Å². The van der Waals surface area contributed by atoms with Gasteiger partial charge in [-0.15, -0.1) is 11.8 Å². The molecule has 8 nitrogen and oxygen atoms in total. The molecule has 0 bridgehead atoms. The number of aliphatic hydroxyl groups is 1. The molecule has 1 fully saturated rings. The highest BCUT2D eigenvalue weighted by Gasteiger charge is 2.41. The van der Waals surface area contributed by atoms with Crippen LogP contribution in [0.2, 0.25) is 0 Å². The Morgan fingerprint density at radius 2 is 1.92 bits per heavy atom. The second kappa shape index (κ2) is 11.9. The third kappa shape index (κ3) is 6.98. The van der Waals surface area contributed by atoms with Crippen molar-refractivity contribution in [2.75, 3.05) is 18.5 Å². The van der Waals surface area contributed by atoms with Gasteiger partial charge in [0, 0.05) is 28.6 Å². The summed E-state index contributed by atoms with van der Waals surface area (Å²) in [6, 6.07) is 8.42. The maximum atomic E-state index is 14.7. The van der Waals surface area contributed by atoms with Crippen LogP contribution in [0.15, 0.2) is 67.3 Å². The zero-order chi connectivity index (χ0) is 26.4. The van der Waals surface area contributed by atoms with Crippen molar-refractivity contribution in [3.63, 3.8) is 0 Å². The second-order valence-corrected chi connectivity index (χ2v) is 10.1. The Kier molecular flexibility index (Phi) is 8.64. The topological polar surface area (TPSA) is 98.5 Å². The zero-order valence-corrected chi connectivity index (χ0v) is 20.6. The molecule has 1 amide bonds. The molecule has 0 aliphatic carbocycles. The minimum atomic E-state index is -1.74. The first-order valence-electron chi connectivity index (χ1n) is 11.4. The fourth-order valence-corrected chi connectivity index (χ4v) is 5.13. The summed E-state index contributed by atoms with van der Waals surface area (Å²) in [6.07, 6.45) is 4.67. The van der Waals surface area contributed by atoms with Crippen LogP contribution in [-0.4, -0.2) is 55.8 Å². The van der Waals surface area contributed by atoms with Crippen LogP contribution in [0.25, 0.3) is 0 Å². The first-order chi connectivity index (χ1) is 17.7. The summed E-state index contributed by atoms with van der Waals surface area (Å²) in [5.41, 5.74) is -1.36. The minimum absolute atomic E-state index is 0.0602. The van der Waals surface area contributed by atoms with E-state index in [1.54, 1.807) is 6.92 Å². The Bertz CT molecular complexity index is 1220. The van der Waals surface area contributed by atoms with Crippen LogP contribution in [0, 0.1) is 17.5 Å². The Morgan fingerprint density at radius 3 is 2.57 bits per heavy atom. The largest absolute Gasteiger partial charge is 0.382 e. The van der Waals surface area contributed by atoms with Gasteiger partial charge in [0.05, 0.1) is 25.0 Å². The Balaban J connectivity index is 1.35. The van der Waals surface area contributed by atoms with Crippen LogP contribution >= 0.6 is 11.8 Å². The number of thioether (sulfide) groups is 1. The van der Waals surface area contributed by atoms with Gasteiger partial charge >= 0.3 is 0 Å². The van der Waals surface area contributed by atoms with Crippen molar-refractivity contribution in [3.8, 4) is 0 Å². The van der Waals surface area contributed by atoms with E-state index in [1.807, 2.05) is 0 Å². The summed E-state index contributed by atoms with van der Waals surface area (Å²) < 4.78 is 54.0. The average molecular weight is 535 g/mol. The van der Waals surface area contributed by atoms with Crippen molar-refractivity contribution in [2.45, 2.75) is 35.9 Å². The van der Waals surface area contributed by atoms with Gasteiger partial charge in [-0.3, -0.25) is 4.79 Å². The van der Waals surface area contributed by atoms with Crippen LogP contribution in [0.4, 0.5) is 18.9 Å². The van der Waals surface area contributed by atoms with Crippen LogP contribution in [-0.2, 0) is 26.4 Å². The number of nitrogens with one attached hydrogen (secondary N) is 1. The summed E-state index contributed by atoms with van der Waals surface area (Å²) in [7, 11) is 0. The van der Waals surface area contributed by atoms with Gasteiger partial charge in [0.1, 0.15) is 35.7 Å². The van der Waals surface area contributed by atoms with Crippen molar-refractivity contribution in [3.05, 3.63) is 90.3 Å². The van der Waals surface area contributed by atoms with Gasteiger partial charge < -0.3 is 19.9 Å². The highest BCUT2D eigenvalue weighted by atomic mass is 32.2. The lowest BCUT2D eigenvalue weighted by atomic mass is 9.90. The maximum Gasteiger partial charge on any atom is 0.248 e. The van der Waals surface area contributed by atoms with Gasteiger partial charge in [-0.25, -0.2) is 22.8 Å². The first-order valence-corrected chi connectivity index (χ1v) is 12.3. The van der Waals surface area contributed by atoms with Gasteiger partial charge in [0.15, 0.2) is 6.29 Å². The van der Waals surface area contributed by atoms with Gasteiger partial charge in [-0.1, -0.05) is 13.0 Å². The Morgan fingerprint density at radius 1 is 1.22 bits per heavy atom. The summed E-state index contributed by atoms with van der Waals surface area (Å²) in [4.78, 5) is 15.9. The van der Waals surface area contributed by atoms with Gasteiger partial charge in [0.2, 0.25) is 5.91 Å². The molecule has 2 aromatic carbocycles. The van der Waals surface area contributed by atoms with E-state index in [1.165, 1.54) is 71.6 Å². The lowest BCUT2D eigenvalue weighted by Crippen LogP contribution is -2.43. The van der Waals surface area contributed by atoms with Crippen LogP contribution in [0.1, 0.15) is 12.5 Å². The second-order valence-electron chi connectivity index (χ2n) is 8.43. The number of rotatable bonds is 9. The summed E-state index contributed by atoms with van der Waals surface area (Å²) in [5.74, 6) is -2.44. The molecule has 0 saturated carbocycles. The molecule has 196 valence electrons. The predicted octanol–water partition coefficient (Wildman–Crippen LogP) is 3.64. The molecule has 12 heteroatoms. The van der Waals surface area contributed by atoms with E-state index in [0.717, 1.165) is 12.1 Å². The summed E-state index contributed by atoms with van der Waals surface area (Å²) in [6.45, 7) is 2.12. The predicted molar refractivity (Wildman–Crippen MR) is 131 cm³/mol. The smallest absolute Gasteiger partial charge is 0.248 e. The molecule has 1 aromatic heterocycles. The van der Waals surface area contributed by atoms with E-state index in [9.17, 15) is 23.1 Å². The number of anilines is 1. The number of carbonyl (C=O) groups is 1. The summed E-state index contributed by atoms with van der Waals surface area (Å²) in [5, 5.41) is 17.5. The third-order valence-electron chi connectivity index (χ3n) is 5.75. The minimum Gasteiger partial charge on any atom is -0.382 e. The van der Waals surface area contributed by atoms with Crippen LogP contribution in [0.3, 0.4) is 0 Å². The highest BCUT2D eigenvalue weighted by Crippen LogP contribution is 2.38. The molecule has 3 aromatic rings. The molecular formula is C25H25F3N4O4S. The molecule has 0 spiro atoms. The molecule has 2 atom stereocenters. The molecule has 0 radical (unpaired) electrons. The standard InChI is InChI=1S/C25H25F3N4O4S/c1-16(25(34,13-32-15-29-14-30-32)21-7-4-18(27)10-22(21)28)37-20-11-35-24(36-12-20)9-8-23(33)31-19-5-2-17(26)3-6-19/h2-10,14-16,20,24,34H,11-13H2,1H3,(H,31,33)/b9-8+/t16-,20?,24?,25-/m1/s1. The Labute approximate surface area is 215 Å². The number of halogens is 3. The summed E-state index contributed by atoms with van der Waals surface area (Å²) >= 11 is 1.33. The molecule has 1 saturated heterocycles. The average Bonchev–Trinajstić information content (AvgIpc) is 3.37. The monoisotopic (exact) mass is 534 g/mol. The first kappa shape index (κ1) is 26.9. The third-order valence-corrected chi connectivity index (χ3v) is 7.20. The zero-order valence-electron chi connectivity index (χ0n) is 19.8. The highest BCUT2D eigenvalue weighted by molar-refractivity contribution is 8.00. The molecule has 4 rings (SSSR count). The number of amides is 1. The number of hydrogen-bond donors (Lipinski definition) is 2. The van der Waals surface area contributed by atoms with Crippen molar-refractivity contribution >= 4 is 23.4 Å². The molecule has 0 unspecified atom stereocenters. The van der Waals surface area contributed by atoms with Crippen LogP contribution in [0.5, 0.6) is 0 Å².